The molecule has 1 N–H and O–H groups in total. The van der Waals surface area contributed by atoms with Gasteiger partial charge in [0.05, 0.1) is 0 Å². The number of hydrogen-bond donors (Lipinski definition) is 1. The lowest BCUT2D eigenvalue weighted by atomic mass is 9.98. The molecule has 0 aliphatic heterocycles. The van der Waals surface area contributed by atoms with Gasteiger partial charge < -0.3 is 5.32 Å². The molecule has 0 aromatic carbocycles. The van der Waals surface area contributed by atoms with Gasteiger partial charge in [-0.3, -0.25) is 0 Å². The zero-order chi connectivity index (χ0) is 13.1. The van der Waals surface area contributed by atoms with Crippen molar-refractivity contribution >= 4 is 11.3 Å². The summed E-state index contributed by atoms with van der Waals surface area (Å²) in [5.74, 6) is 1.28. The molecule has 2 heterocycles. The molecule has 4 heteroatoms. The molecular weight excluding hydrogens is 242 g/mol. The first-order chi connectivity index (χ1) is 8.63. The fourth-order valence-electron chi connectivity index (χ4n) is 2.37. The third kappa shape index (κ3) is 2.60. The first-order valence-electron chi connectivity index (χ1n) is 6.15. The Kier molecular flexibility index (Phi) is 4.09. The number of aryl methyl sites for hydroxylation is 2. The van der Waals surface area contributed by atoms with E-state index in [1.54, 1.807) is 11.3 Å². The van der Waals surface area contributed by atoms with Crippen LogP contribution in [-0.4, -0.2) is 23.6 Å². The minimum absolute atomic E-state index is 0.437. The second-order valence-corrected chi connectivity index (χ2v) is 5.38. The zero-order valence-electron chi connectivity index (χ0n) is 11.3. The average Bonchev–Trinajstić information content (AvgIpc) is 2.81. The third-order valence-electron chi connectivity index (χ3n) is 3.11. The zero-order valence-corrected chi connectivity index (χ0v) is 12.1. The predicted molar refractivity (Wildman–Crippen MR) is 77.2 cm³/mol. The number of nitrogens with zero attached hydrogens (tertiary/aromatic N) is 2. The number of aromatic nitrogens is 2. The maximum Gasteiger partial charge on any atom is 0.160 e. The summed E-state index contributed by atoms with van der Waals surface area (Å²) >= 11 is 1.67. The summed E-state index contributed by atoms with van der Waals surface area (Å²) < 4.78 is 0. The SMILES string of the molecule is CNCC(C)c1c(C)nc(-c2ccsc2)nc1C. The van der Waals surface area contributed by atoms with Crippen LogP contribution in [-0.2, 0) is 0 Å². The molecule has 0 amide bonds. The monoisotopic (exact) mass is 261 g/mol. The van der Waals surface area contributed by atoms with Crippen molar-refractivity contribution < 1.29 is 0 Å². The van der Waals surface area contributed by atoms with Gasteiger partial charge in [0.15, 0.2) is 5.82 Å². The largest absolute Gasteiger partial charge is 0.319 e. The summed E-state index contributed by atoms with van der Waals surface area (Å²) in [4.78, 5) is 9.30. The number of hydrogen-bond acceptors (Lipinski definition) is 4. The van der Waals surface area contributed by atoms with Crippen LogP contribution in [0.25, 0.3) is 11.4 Å². The molecule has 0 aliphatic rings. The van der Waals surface area contributed by atoms with Crippen LogP contribution in [0.5, 0.6) is 0 Å². The van der Waals surface area contributed by atoms with Crippen molar-refractivity contribution in [1.82, 2.24) is 15.3 Å². The van der Waals surface area contributed by atoms with E-state index in [1.807, 2.05) is 7.05 Å². The summed E-state index contributed by atoms with van der Waals surface area (Å²) in [6, 6.07) is 2.07. The van der Waals surface area contributed by atoms with Crippen molar-refractivity contribution in [3.05, 3.63) is 33.8 Å². The fraction of sp³-hybridized carbons (Fsp3) is 0.429. The van der Waals surface area contributed by atoms with Crippen molar-refractivity contribution in [2.45, 2.75) is 26.7 Å². The van der Waals surface area contributed by atoms with Crippen LogP contribution in [0.3, 0.4) is 0 Å². The van der Waals surface area contributed by atoms with Gasteiger partial charge in [-0.15, -0.1) is 0 Å². The van der Waals surface area contributed by atoms with Crippen LogP contribution < -0.4 is 5.32 Å². The Morgan fingerprint density at radius 2 is 1.94 bits per heavy atom. The van der Waals surface area contributed by atoms with Gasteiger partial charge in [0, 0.05) is 28.9 Å². The van der Waals surface area contributed by atoms with E-state index in [0.29, 0.717) is 5.92 Å². The van der Waals surface area contributed by atoms with E-state index < -0.39 is 0 Å². The minimum atomic E-state index is 0.437. The van der Waals surface area contributed by atoms with Gasteiger partial charge in [-0.25, -0.2) is 9.97 Å². The Hall–Kier alpha value is -1.26. The molecule has 3 nitrogen and oxygen atoms in total. The van der Waals surface area contributed by atoms with E-state index in [-0.39, 0.29) is 0 Å². The van der Waals surface area contributed by atoms with E-state index in [4.69, 9.17) is 0 Å². The summed E-state index contributed by atoms with van der Waals surface area (Å²) in [5.41, 5.74) is 4.56. The number of rotatable bonds is 4. The highest BCUT2D eigenvalue weighted by molar-refractivity contribution is 7.08. The second kappa shape index (κ2) is 5.59. The Morgan fingerprint density at radius 3 is 2.44 bits per heavy atom. The highest BCUT2D eigenvalue weighted by atomic mass is 32.1. The highest BCUT2D eigenvalue weighted by Gasteiger charge is 2.15. The molecule has 2 rings (SSSR count). The molecule has 2 aromatic heterocycles. The molecule has 0 bridgehead atoms. The summed E-state index contributed by atoms with van der Waals surface area (Å²) in [6.45, 7) is 7.31. The quantitative estimate of drug-likeness (QED) is 0.918. The van der Waals surface area contributed by atoms with Crippen molar-refractivity contribution in [1.29, 1.82) is 0 Å². The Balaban J connectivity index is 2.41. The third-order valence-corrected chi connectivity index (χ3v) is 3.79. The van der Waals surface area contributed by atoms with E-state index in [1.165, 1.54) is 5.56 Å². The van der Waals surface area contributed by atoms with Gasteiger partial charge >= 0.3 is 0 Å². The Morgan fingerprint density at radius 1 is 1.28 bits per heavy atom. The van der Waals surface area contributed by atoms with Crippen molar-refractivity contribution in [2.24, 2.45) is 0 Å². The van der Waals surface area contributed by atoms with Gasteiger partial charge in [0.25, 0.3) is 0 Å². The summed E-state index contributed by atoms with van der Waals surface area (Å²) in [6.07, 6.45) is 0. The van der Waals surface area contributed by atoms with Crippen molar-refractivity contribution in [2.75, 3.05) is 13.6 Å². The molecule has 0 saturated heterocycles. The standard InChI is InChI=1S/C14H19N3S/c1-9(7-15-4)13-10(2)16-14(17-11(13)3)12-5-6-18-8-12/h5-6,8-9,15H,7H2,1-4H3. The molecule has 0 radical (unpaired) electrons. The Bertz CT molecular complexity index is 497. The Labute approximate surface area is 112 Å². The molecule has 96 valence electrons. The van der Waals surface area contributed by atoms with Crippen LogP contribution in [0.2, 0.25) is 0 Å². The molecule has 2 aromatic rings. The molecule has 0 aliphatic carbocycles. The van der Waals surface area contributed by atoms with Crippen LogP contribution in [0.4, 0.5) is 0 Å². The molecule has 1 unspecified atom stereocenters. The van der Waals surface area contributed by atoms with Crippen LogP contribution in [0, 0.1) is 13.8 Å². The van der Waals surface area contributed by atoms with Gasteiger partial charge in [-0.2, -0.15) is 11.3 Å². The van der Waals surface area contributed by atoms with Gasteiger partial charge in [-0.05, 0) is 43.8 Å². The topological polar surface area (TPSA) is 37.8 Å². The van der Waals surface area contributed by atoms with Gasteiger partial charge in [-0.1, -0.05) is 6.92 Å². The van der Waals surface area contributed by atoms with Crippen LogP contribution in [0.1, 0.15) is 29.8 Å². The minimum Gasteiger partial charge on any atom is -0.319 e. The molecule has 18 heavy (non-hydrogen) atoms. The molecule has 0 saturated carbocycles. The van der Waals surface area contributed by atoms with Gasteiger partial charge in [0.2, 0.25) is 0 Å². The lowest BCUT2D eigenvalue weighted by Crippen LogP contribution is -2.17. The molecule has 0 fully saturated rings. The van der Waals surface area contributed by atoms with E-state index >= 15 is 0 Å². The van der Waals surface area contributed by atoms with Crippen molar-refractivity contribution in [3.63, 3.8) is 0 Å². The number of thiophene rings is 1. The smallest absolute Gasteiger partial charge is 0.160 e. The van der Waals surface area contributed by atoms with E-state index in [9.17, 15) is 0 Å². The fourth-order valence-corrected chi connectivity index (χ4v) is 3.00. The first-order valence-corrected chi connectivity index (χ1v) is 7.10. The predicted octanol–water partition coefficient (Wildman–Crippen LogP) is 3.14. The maximum absolute atomic E-state index is 4.65. The maximum atomic E-state index is 4.65. The first kappa shape index (κ1) is 13.2. The average molecular weight is 261 g/mol. The lowest BCUT2D eigenvalue weighted by Gasteiger charge is -2.16. The highest BCUT2D eigenvalue weighted by Crippen LogP contribution is 2.25. The van der Waals surface area contributed by atoms with E-state index in [0.717, 1.165) is 29.3 Å². The van der Waals surface area contributed by atoms with Crippen LogP contribution in [0.15, 0.2) is 16.8 Å². The van der Waals surface area contributed by atoms with Crippen LogP contribution >= 0.6 is 11.3 Å². The van der Waals surface area contributed by atoms with Crippen molar-refractivity contribution in [3.8, 4) is 11.4 Å². The molecular formula is C14H19N3S. The molecule has 1 atom stereocenters. The summed E-state index contributed by atoms with van der Waals surface area (Å²) in [5, 5.41) is 7.35. The van der Waals surface area contributed by atoms with E-state index in [2.05, 4.69) is 52.9 Å². The van der Waals surface area contributed by atoms with Gasteiger partial charge in [0.1, 0.15) is 0 Å². The number of nitrogens with one attached hydrogen (secondary N) is 1. The number of likely N-dealkylation sites (N-methyl/N-ethyl adjacent to an activating group) is 1. The molecule has 0 spiro atoms. The second-order valence-electron chi connectivity index (χ2n) is 4.60. The normalized spacial score (nSPS) is 12.7. The lowest BCUT2D eigenvalue weighted by molar-refractivity contribution is 0.663. The summed E-state index contributed by atoms with van der Waals surface area (Å²) in [7, 11) is 1.97.